The van der Waals surface area contributed by atoms with Gasteiger partial charge in [-0.3, -0.25) is 14.5 Å². The van der Waals surface area contributed by atoms with Gasteiger partial charge in [0.15, 0.2) is 0 Å². The summed E-state index contributed by atoms with van der Waals surface area (Å²) in [5.41, 5.74) is 1.47. The maximum atomic E-state index is 13.1. The van der Waals surface area contributed by atoms with Gasteiger partial charge in [0, 0.05) is 5.02 Å². The van der Waals surface area contributed by atoms with E-state index in [1.807, 2.05) is 0 Å². The van der Waals surface area contributed by atoms with E-state index in [-0.39, 0.29) is 27.8 Å². The lowest BCUT2D eigenvalue weighted by Crippen LogP contribution is -2.27. The van der Waals surface area contributed by atoms with Crippen molar-refractivity contribution in [2.24, 2.45) is 0 Å². The number of amides is 2. The van der Waals surface area contributed by atoms with Crippen LogP contribution in [-0.4, -0.2) is 22.0 Å². The van der Waals surface area contributed by atoms with Crippen molar-refractivity contribution in [2.75, 3.05) is 0 Å². The van der Waals surface area contributed by atoms with E-state index in [1.54, 1.807) is 30.3 Å². The van der Waals surface area contributed by atoms with E-state index in [0.29, 0.717) is 16.1 Å². The Balaban J connectivity index is 1.44. The van der Waals surface area contributed by atoms with Gasteiger partial charge in [0.05, 0.1) is 22.0 Å². The predicted octanol–water partition coefficient (Wildman–Crippen LogP) is 6.59. The lowest BCUT2D eigenvalue weighted by molar-refractivity contribution is -0.123. The molecule has 0 spiro atoms. The Kier molecular flexibility index (Phi) is 6.83. The van der Waals surface area contributed by atoms with Crippen molar-refractivity contribution in [1.82, 2.24) is 4.90 Å². The fourth-order valence-electron chi connectivity index (χ4n) is 3.01. The van der Waals surface area contributed by atoms with Crippen molar-refractivity contribution in [1.29, 1.82) is 0 Å². The number of hydrogen-bond acceptors (Lipinski definition) is 5. The average Bonchev–Trinajstić information content (AvgIpc) is 3.03. The Labute approximate surface area is 202 Å². The molecule has 0 saturated carbocycles. The first-order chi connectivity index (χ1) is 15.8. The molecule has 2 amide bonds. The largest absolute Gasteiger partial charge is 0.423 e. The number of rotatable bonds is 5. The van der Waals surface area contributed by atoms with Crippen LogP contribution in [0.15, 0.2) is 71.6 Å². The van der Waals surface area contributed by atoms with Gasteiger partial charge < -0.3 is 4.74 Å². The van der Waals surface area contributed by atoms with E-state index in [1.165, 1.54) is 42.5 Å². The van der Waals surface area contributed by atoms with Gasteiger partial charge in [0.2, 0.25) is 0 Å². The van der Waals surface area contributed by atoms with E-state index in [2.05, 4.69) is 0 Å². The number of nitrogens with zero attached hydrogens (tertiary/aromatic N) is 1. The third kappa shape index (κ3) is 5.45. The highest BCUT2D eigenvalue weighted by Gasteiger charge is 2.34. The highest BCUT2D eigenvalue weighted by atomic mass is 35.5. The van der Waals surface area contributed by atoms with Crippen molar-refractivity contribution >= 4 is 58.2 Å². The molecule has 0 unspecified atom stereocenters. The monoisotopic (exact) mass is 501 g/mol. The standard InChI is InChI=1S/C24H14Cl2FNO4S/c25-16-5-10-19(20(26)12-16)23(30)32-18-8-3-14(4-9-18)11-21-22(29)28(24(31)33-21)13-15-1-6-17(27)7-2-15/h1-12H,13H2/b21-11-. The van der Waals surface area contributed by atoms with E-state index in [0.717, 1.165) is 16.7 Å². The fraction of sp³-hybridized carbons (Fsp3) is 0.0417. The molecular formula is C24H14Cl2FNO4S. The molecular weight excluding hydrogens is 488 g/mol. The van der Waals surface area contributed by atoms with Gasteiger partial charge in [-0.25, -0.2) is 9.18 Å². The highest BCUT2D eigenvalue weighted by molar-refractivity contribution is 8.18. The molecule has 1 fully saturated rings. The van der Waals surface area contributed by atoms with Crippen LogP contribution in [0.3, 0.4) is 0 Å². The van der Waals surface area contributed by atoms with Gasteiger partial charge >= 0.3 is 5.97 Å². The molecule has 0 bridgehead atoms. The Hall–Kier alpha value is -3.13. The normalized spacial score (nSPS) is 14.8. The number of benzene rings is 3. The second kappa shape index (κ2) is 9.79. The Morgan fingerprint density at radius 3 is 2.36 bits per heavy atom. The minimum atomic E-state index is -0.633. The molecule has 0 radical (unpaired) electrons. The topological polar surface area (TPSA) is 63.7 Å². The van der Waals surface area contributed by atoms with Crippen molar-refractivity contribution in [3.8, 4) is 5.75 Å². The molecule has 1 heterocycles. The first-order valence-electron chi connectivity index (χ1n) is 9.57. The number of hydrogen-bond donors (Lipinski definition) is 0. The molecule has 1 aliphatic rings. The molecule has 0 aromatic heterocycles. The highest BCUT2D eigenvalue weighted by Crippen LogP contribution is 2.33. The van der Waals surface area contributed by atoms with Gasteiger partial charge in [0.25, 0.3) is 11.1 Å². The van der Waals surface area contributed by atoms with Crippen molar-refractivity contribution < 1.29 is 23.5 Å². The van der Waals surface area contributed by atoms with Crippen LogP contribution in [0.25, 0.3) is 6.08 Å². The Bertz CT molecular complexity index is 1280. The first-order valence-corrected chi connectivity index (χ1v) is 11.1. The van der Waals surface area contributed by atoms with Gasteiger partial charge in [-0.2, -0.15) is 0 Å². The summed E-state index contributed by atoms with van der Waals surface area (Å²) in [6.45, 7) is 0.0600. The predicted molar refractivity (Wildman–Crippen MR) is 126 cm³/mol. The number of ether oxygens (including phenoxy) is 1. The molecule has 3 aromatic rings. The maximum absolute atomic E-state index is 13.1. The molecule has 9 heteroatoms. The third-order valence-electron chi connectivity index (χ3n) is 4.67. The second-order valence-electron chi connectivity index (χ2n) is 6.98. The number of carbonyl (C=O) groups is 3. The summed E-state index contributed by atoms with van der Waals surface area (Å²) in [7, 11) is 0. The fourth-order valence-corrected chi connectivity index (χ4v) is 4.33. The number of thioether (sulfide) groups is 1. The molecule has 4 rings (SSSR count). The van der Waals surface area contributed by atoms with Crippen molar-refractivity contribution in [3.63, 3.8) is 0 Å². The van der Waals surface area contributed by atoms with Gasteiger partial charge in [0.1, 0.15) is 11.6 Å². The quantitative estimate of drug-likeness (QED) is 0.224. The zero-order valence-corrected chi connectivity index (χ0v) is 19.1. The van der Waals surface area contributed by atoms with Crippen LogP contribution in [-0.2, 0) is 11.3 Å². The third-order valence-corrected chi connectivity index (χ3v) is 6.12. The van der Waals surface area contributed by atoms with Crippen molar-refractivity contribution in [3.05, 3.63) is 104 Å². The number of esters is 1. The Morgan fingerprint density at radius 2 is 1.70 bits per heavy atom. The number of carbonyl (C=O) groups excluding carboxylic acids is 3. The molecule has 1 saturated heterocycles. The molecule has 0 atom stereocenters. The summed E-state index contributed by atoms with van der Waals surface area (Å²) in [4.78, 5) is 38.7. The zero-order chi connectivity index (χ0) is 23.5. The maximum Gasteiger partial charge on any atom is 0.345 e. The molecule has 3 aromatic carbocycles. The van der Waals surface area contributed by atoms with Gasteiger partial charge in [-0.15, -0.1) is 0 Å². The van der Waals surface area contributed by atoms with E-state index in [9.17, 15) is 18.8 Å². The summed E-state index contributed by atoms with van der Waals surface area (Å²) in [5, 5.41) is 0.185. The molecule has 5 nitrogen and oxygen atoms in total. The molecule has 0 N–H and O–H groups in total. The molecule has 166 valence electrons. The number of imide groups is 1. The number of halogens is 3. The van der Waals surface area contributed by atoms with Crippen molar-refractivity contribution in [2.45, 2.75) is 6.54 Å². The minimum absolute atomic E-state index is 0.0600. The average molecular weight is 502 g/mol. The lowest BCUT2D eigenvalue weighted by atomic mass is 10.2. The van der Waals surface area contributed by atoms with E-state index < -0.39 is 22.9 Å². The lowest BCUT2D eigenvalue weighted by Gasteiger charge is -2.12. The van der Waals surface area contributed by atoms with Crippen LogP contribution >= 0.6 is 35.0 Å². The smallest absolute Gasteiger partial charge is 0.345 e. The minimum Gasteiger partial charge on any atom is -0.423 e. The van der Waals surface area contributed by atoms with Crippen LogP contribution in [0.4, 0.5) is 9.18 Å². The zero-order valence-electron chi connectivity index (χ0n) is 16.8. The molecule has 0 aliphatic carbocycles. The van der Waals surface area contributed by atoms with E-state index in [4.69, 9.17) is 27.9 Å². The van der Waals surface area contributed by atoms with Gasteiger partial charge in [-0.05, 0) is 71.4 Å². The van der Waals surface area contributed by atoms with Crippen LogP contribution in [0.2, 0.25) is 10.0 Å². The Morgan fingerprint density at radius 1 is 1.00 bits per heavy atom. The van der Waals surface area contributed by atoms with Crippen LogP contribution in [0.1, 0.15) is 21.5 Å². The summed E-state index contributed by atoms with van der Waals surface area (Å²) in [6, 6.07) is 16.5. The molecule has 33 heavy (non-hydrogen) atoms. The van der Waals surface area contributed by atoms with Gasteiger partial charge in [-0.1, -0.05) is 47.5 Å². The summed E-state index contributed by atoms with van der Waals surface area (Å²) in [5.74, 6) is -1.17. The second-order valence-corrected chi connectivity index (χ2v) is 8.81. The summed E-state index contributed by atoms with van der Waals surface area (Å²) in [6.07, 6.45) is 1.58. The summed E-state index contributed by atoms with van der Waals surface area (Å²) >= 11 is 12.7. The molecule has 1 aliphatic heterocycles. The van der Waals surface area contributed by atoms with Crippen LogP contribution in [0.5, 0.6) is 5.75 Å². The summed E-state index contributed by atoms with van der Waals surface area (Å²) < 4.78 is 18.4. The first kappa shape index (κ1) is 23.0. The SMILES string of the molecule is O=C(Oc1ccc(/C=C2\SC(=O)N(Cc3ccc(F)cc3)C2=O)cc1)c1ccc(Cl)cc1Cl. The van der Waals surface area contributed by atoms with E-state index >= 15 is 0 Å². The van der Waals surface area contributed by atoms with Crippen LogP contribution in [0, 0.1) is 5.82 Å². The van der Waals surface area contributed by atoms with Crippen LogP contribution < -0.4 is 4.74 Å².